The van der Waals surface area contributed by atoms with E-state index in [-0.39, 0.29) is 17.9 Å². The Morgan fingerprint density at radius 2 is 2.12 bits per heavy atom. The van der Waals surface area contributed by atoms with Crippen molar-refractivity contribution in [1.29, 1.82) is 0 Å². The molecule has 0 radical (unpaired) electrons. The van der Waals surface area contributed by atoms with Crippen LogP contribution in [0.15, 0.2) is 22.7 Å². The lowest BCUT2D eigenvalue weighted by atomic mass is 10.1. The van der Waals surface area contributed by atoms with Gasteiger partial charge in [-0.25, -0.2) is 4.79 Å². The van der Waals surface area contributed by atoms with Crippen LogP contribution in [-0.4, -0.2) is 22.9 Å². The van der Waals surface area contributed by atoms with Gasteiger partial charge in [0, 0.05) is 16.8 Å². The Balaban J connectivity index is 2.83. The minimum atomic E-state index is -1.08. The molecule has 0 bridgehead atoms. The molecule has 1 aromatic rings. The van der Waals surface area contributed by atoms with Gasteiger partial charge in [0.15, 0.2) is 0 Å². The first-order valence-electron chi connectivity index (χ1n) is 4.93. The summed E-state index contributed by atoms with van der Waals surface area (Å²) in [4.78, 5) is 22.4. The third kappa shape index (κ3) is 4.36. The maximum absolute atomic E-state index is 11.5. The zero-order chi connectivity index (χ0) is 12.8. The summed E-state index contributed by atoms with van der Waals surface area (Å²) < 4.78 is 0.647. The van der Waals surface area contributed by atoms with E-state index in [1.807, 2.05) is 0 Å². The van der Waals surface area contributed by atoms with Crippen LogP contribution in [0.5, 0.6) is 0 Å². The first kappa shape index (κ1) is 14.0. The maximum Gasteiger partial charge on any atom is 0.337 e. The highest BCUT2D eigenvalue weighted by Crippen LogP contribution is 2.21. The molecule has 0 fully saturated rings. The van der Waals surface area contributed by atoms with Crippen LogP contribution in [0.2, 0.25) is 0 Å². The van der Waals surface area contributed by atoms with Crippen molar-refractivity contribution in [2.24, 2.45) is 0 Å². The molecule has 0 aliphatic heterocycles. The Bertz CT molecular complexity index is 437. The van der Waals surface area contributed by atoms with E-state index in [1.54, 1.807) is 12.1 Å². The molecule has 0 heterocycles. The average molecular weight is 321 g/mol. The van der Waals surface area contributed by atoms with Crippen LogP contribution < -0.4 is 5.32 Å². The fourth-order valence-corrected chi connectivity index (χ4v) is 1.74. The lowest BCUT2D eigenvalue weighted by Gasteiger charge is -2.08. The van der Waals surface area contributed by atoms with E-state index < -0.39 is 5.97 Å². The van der Waals surface area contributed by atoms with E-state index >= 15 is 0 Å². The molecule has 0 aliphatic rings. The van der Waals surface area contributed by atoms with Gasteiger partial charge in [0.25, 0.3) is 0 Å². The third-order valence-corrected chi connectivity index (χ3v) is 2.78. The molecular formula is C11H11BrClNO3. The van der Waals surface area contributed by atoms with E-state index in [4.69, 9.17) is 16.7 Å². The zero-order valence-electron chi connectivity index (χ0n) is 8.87. The molecule has 0 unspecified atom stereocenters. The number of carboxylic acid groups (broad SMARTS) is 1. The van der Waals surface area contributed by atoms with Crippen LogP contribution in [-0.2, 0) is 4.79 Å². The predicted octanol–water partition coefficient (Wildman–Crippen LogP) is 3.10. The lowest BCUT2D eigenvalue weighted by Crippen LogP contribution is -2.14. The molecule has 0 atom stereocenters. The van der Waals surface area contributed by atoms with Gasteiger partial charge in [-0.05, 0) is 24.6 Å². The molecule has 2 N–H and O–H groups in total. The third-order valence-electron chi connectivity index (χ3n) is 2.02. The Morgan fingerprint density at radius 1 is 1.41 bits per heavy atom. The molecule has 0 saturated carbocycles. The molecule has 6 heteroatoms. The largest absolute Gasteiger partial charge is 0.478 e. The van der Waals surface area contributed by atoms with Gasteiger partial charge in [0.2, 0.25) is 5.91 Å². The van der Waals surface area contributed by atoms with Crippen LogP contribution >= 0.6 is 27.5 Å². The van der Waals surface area contributed by atoms with Gasteiger partial charge < -0.3 is 10.4 Å². The summed E-state index contributed by atoms with van der Waals surface area (Å²) in [6.45, 7) is 0. The molecule has 0 saturated heterocycles. The van der Waals surface area contributed by atoms with Gasteiger partial charge in [-0.15, -0.1) is 11.6 Å². The highest BCUT2D eigenvalue weighted by molar-refractivity contribution is 9.10. The molecule has 92 valence electrons. The number of amides is 1. The van der Waals surface area contributed by atoms with Gasteiger partial charge >= 0.3 is 5.97 Å². The number of rotatable bonds is 5. The van der Waals surface area contributed by atoms with Crippen molar-refractivity contribution >= 4 is 45.1 Å². The van der Waals surface area contributed by atoms with Crippen molar-refractivity contribution < 1.29 is 14.7 Å². The fraction of sp³-hybridized carbons (Fsp3) is 0.273. The first-order valence-corrected chi connectivity index (χ1v) is 6.26. The van der Waals surface area contributed by atoms with Crippen LogP contribution in [0.25, 0.3) is 0 Å². The van der Waals surface area contributed by atoms with E-state index in [9.17, 15) is 9.59 Å². The smallest absolute Gasteiger partial charge is 0.337 e. The number of nitrogens with one attached hydrogen (secondary N) is 1. The summed E-state index contributed by atoms with van der Waals surface area (Å²) in [5.74, 6) is -0.922. The number of carboxylic acids is 1. The van der Waals surface area contributed by atoms with Gasteiger partial charge in [0.1, 0.15) is 0 Å². The Kier molecular flexibility index (Phi) is 5.44. The van der Waals surface area contributed by atoms with E-state index in [0.29, 0.717) is 22.5 Å². The van der Waals surface area contributed by atoms with Crippen molar-refractivity contribution in [2.45, 2.75) is 12.8 Å². The fourth-order valence-electron chi connectivity index (χ4n) is 1.24. The van der Waals surface area contributed by atoms with Crippen molar-refractivity contribution in [2.75, 3.05) is 11.2 Å². The normalized spacial score (nSPS) is 10.0. The number of alkyl halides is 1. The molecular weight excluding hydrogens is 309 g/mol. The first-order chi connectivity index (χ1) is 8.04. The van der Waals surface area contributed by atoms with E-state index in [1.165, 1.54) is 6.07 Å². The van der Waals surface area contributed by atoms with Crippen LogP contribution in [0.4, 0.5) is 5.69 Å². The number of benzene rings is 1. The minimum absolute atomic E-state index is 0.0543. The Labute approximate surface area is 112 Å². The average Bonchev–Trinajstić information content (AvgIpc) is 2.28. The topological polar surface area (TPSA) is 66.4 Å². The van der Waals surface area contributed by atoms with Gasteiger partial charge in [-0.1, -0.05) is 15.9 Å². The molecule has 1 amide bonds. The summed E-state index contributed by atoms with van der Waals surface area (Å²) in [6, 6.07) is 4.66. The second kappa shape index (κ2) is 6.61. The standard InChI is InChI=1S/C11H11BrClNO3/c12-7-3-4-9(8(6-7)11(16)17)14-10(15)2-1-5-13/h3-4,6H,1-2,5H2,(H,14,15)(H,16,17). The van der Waals surface area contributed by atoms with Gasteiger partial charge in [-0.2, -0.15) is 0 Å². The number of carbonyl (C=O) groups excluding carboxylic acids is 1. The Hall–Kier alpha value is -1.07. The quantitative estimate of drug-likeness (QED) is 0.819. The van der Waals surface area contributed by atoms with Gasteiger partial charge in [-0.3, -0.25) is 4.79 Å². The number of carbonyl (C=O) groups is 2. The minimum Gasteiger partial charge on any atom is -0.478 e. The van der Waals surface area contributed by atoms with Crippen molar-refractivity contribution in [3.05, 3.63) is 28.2 Å². The number of hydrogen-bond acceptors (Lipinski definition) is 2. The highest BCUT2D eigenvalue weighted by atomic mass is 79.9. The van der Waals surface area contributed by atoms with Crippen LogP contribution in [0.1, 0.15) is 23.2 Å². The summed E-state index contributed by atoms with van der Waals surface area (Å²) >= 11 is 8.65. The molecule has 17 heavy (non-hydrogen) atoms. The summed E-state index contributed by atoms with van der Waals surface area (Å²) in [7, 11) is 0. The number of hydrogen-bond donors (Lipinski definition) is 2. The molecule has 1 rings (SSSR count). The van der Waals surface area contributed by atoms with Crippen molar-refractivity contribution in [3.63, 3.8) is 0 Å². The van der Waals surface area contributed by atoms with E-state index in [2.05, 4.69) is 21.2 Å². The zero-order valence-corrected chi connectivity index (χ0v) is 11.2. The summed E-state index contributed by atoms with van der Waals surface area (Å²) in [5.41, 5.74) is 0.346. The number of aromatic carboxylic acids is 1. The molecule has 4 nitrogen and oxygen atoms in total. The molecule has 0 aromatic heterocycles. The second-order valence-electron chi connectivity index (χ2n) is 3.34. The van der Waals surface area contributed by atoms with E-state index in [0.717, 1.165) is 0 Å². The molecule has 0 spiro atoms. The molecule has 1 aromatic carbocycles. The van der Waals surface area contributed by atoms with Crippen molar-refractivity contribution in [3.8, 4) is 0 Å². The predicted molar refractivity (Wildman–Crippen MR) is 69.7 cm³/mol. The second-order valence-corrected chi connectivity index (χ2v) is 4.63. The Morgan fingerprint density at radius 3 is 2.71 bits per heavy atom. The van der Waals surface area contributed by atoms with Crippen molar-refractivity contribution in [1.82, 2.24) is 0 Å². The number of anilines is 1. The maximum atomic E-state index is 11.5. The highest BCUT2D eigenvalue weighted by Gasteiger charge is 2.12. The summed E-state index contributed by atoms with van der Waals surface area (Å²) in [5, 5.41) is 11.5. The van der Waals surface area contributed by atoms with Crippen LogP contribution in [0, 0.1) is 0 Å². The summed E-state index contributed by atoms with van der Waals surface area (Å²) in [6.07, 6.45) is 0.838. The molecule has 0 aliphatic carbocycles. The monoisotopic (exact) mass is 319 g/mol. The SMILES string of the molecule is O=C(CCCCl)Nc1ccc(Br)cc1C(=O)O. The van der Waals surface area contributed by atoms with Crippen LogP contribution in [0.3, 0.4) is 0 Å². The van der Waals surface area contributed by atoms with Gasteiger partial charge in [0.05, 0.1) is 11.3 Å². The number of halogens is 2. The lowest BCUT2D eigenvalue weighted by molar-refractivity contribution is -0.116.